The molecule has 27 heavy (non-hydrogen) atoms. The Kier molecular flexibility index (Phi) is 6.01. The maximum atomic E-state index is 12.6. The van der Waals surface area contributed by atoms with Gasteiger partial charge in [-0.15, -0.1) is 0 Å². The summed E-state index contributed by atoms with van der Waals surface area (Å²) in [6.07, 6.45) is 2.12. The first-order chi connectivity index (χ1) is 12.8. The first kappa shape index (κ1) is 19.6. The molecule has 1 unspecified atom stereocenters. The monoisotopic (exact) mass is 390 g/mol. The Morgan fingerprint density at radius 2 is 2.00 bits per heavy atom. The third-order valence-corrected chi connectivity index (χ3v) is 6.62. The summed E-state index contributed by atoms with van der Waals surface area (Å²) in [4.78, 5) is 14.4. The summed E-state index contributed by atoms with van der Waals surface area (Å²) < 4.78 is 29.1. The molecule has 6 nitrogen and oxygen atoms in total. The van der Waals surface area contributed by atoms with Crippen molar-refractivity contribution in [2.45, 2.75) is 38.8 Å². The fourth-order valence-corrected chi connectivity index (χ4v) is 5.08. The van der Waals surface area contributed by atoms with Crippen molar-refractivity contribution in [2.75, 3.05) is 23.4 Å². The maximum absolute atomic E-state index is 12.6. The molecule has 1 aromatic carbocycles. The Morgan fingerprint density at radius 1 is 1.26 bits per heavy atom. The van der Waals surface area contributed by atoms with E-state index in [0.29, 0.717) is 24.6 Å². The van der Waals surface area contributed by atoms with Gasteiger partial charge in [-0.25, -0.2) is 8.42 Å². The number of benzene rings is 1. The number of rotatable bonds is 7. The lowest BCUT2D eigenvalue weighted by molar-refractivity contribution is -0.118. The molecule has 1 fully saturated rings. The van der Waals surface area contributed by atoms with Gasteiger partial charge in [0.1, 0.15) is 5.76 Å². The van der Waals surface area contributed by atoms with Crippen molar-refractivity contribution in [3.05, 3.63) is 54.0 Å². The van der Waals surface area contributed by atoms with Gasteiger partial charge in [-0.2, -0.15) is 0 Å². The van der Waals surface area contributed by atoms with E-state index in [0.717, 1.165) is 5.69 Å². The Labute approximate surface area is 160 Å². The standard InChI is InChI=1S/C20H26N2O4S/c1-15(2)16-5-7-17(8-6-16)21-20(23)13-22(12-19-4-3-10-26-19)18-9-11-27(24,25)14-18/h3-8,10,15,18H,9,11-14H2,1-2H3,(H,21,23). The van der Waals surface area contributed by atoms with E-state index in [1.54, 1.807) is 12.3 Å². The maximum Gasteiger partial charge on any atom is 0.238 e. The molecule has 3 rings (SSSR count). The number of hydrogen-bond acceptors (Lipinski definition) is 5. The third-order valence-electron chi connectivity index (χ3n) is 4.87. The highest BCUT2D eigenvalue weighted by Crippen LogP contribution is 2.21. The van der Waals surface area contributed by atoms with Crippen molar-refractivity contribution in [2.24, 2.45) is 0 Å². The summed E-state index contributed by atoms with van der Waals surface area (Å²) in [6.45, 7) is 4.77. The highest BCUT2D eigenvalue weighted by molar-refractivity contribution is 7.91. The minimum Gasteiger partial charge on any atom is -0.468 e. The molecule has 2 heterocycles. The van der Waals surface area contributed by atoms with Gasteiger partial charge >= 0.3 is 0 Å². The van der Waals surface area contributed by atoms with Gasteiger partial charge in [0.05, 0.1) is 30.9 Å². The molecule has 0 aliphatic carbocycles. The number of furan rings is 1. The fraction of sp³-hybridized carbons (Fsp3) is 0.450. The molecular weight excluding hydrogens is 364 g/mol. The number of amides is 1. The van der Waals surface area contributed by atoms with E-state index in [4.69, 9.17) is 4.42 Å². The normalized spacial score (nSPS) is 18.9. The molecule has 2 aromatic rings. The van der Waals surface area contributed by atoms with Crippen LogP contribution in [0, 0.1) is 0 Å². The SMILES string of the molecule is CC(C)c1ccc(NC(=O)CN(Cc2ccco2)C2CCS(=O)(=O)C2)cc1. The van der Waals surface area contributed by atoms with Crippen molar-refractivity contribution < 1.29 is 17.6 Å². The first-order valence-electron chi connectivity index (χ1n) is 9.19. The molecule has 7 heteroatoms. The molecule has 1 amide bonds. The molecule has 0 bridgehead atoms. The van der Waals surface area contributed by atoms with Gasteiger partial charge in [-0.05, 0) is 42.2 Å². The van der Waals surface area contributed by atoms with Gasteiger partial charge in [0.15, 0.2) is 9.84 Å². The van der Waals surface area contributed by atoms with Crippen molar-refractivity contribution >= 4 is 21.4 Å². The molecular formula is C20H26N2O4S. The number of nitrogens with one attached hydrogen (secondary N) is 1. The lowest BCUT2D eigenvalue weighted by Crippen LogP contribution is -2.41. The molecule has 1 aromatic heterocycles. The molecule has 146 valence electrons. The summed E-state index contributed by atoms with van der Waals surface area (Å²) in [5, 5.41) is 2.90. The van der Waals surface area contributed by atoms with Crippen LogP contribution in [0.1, 0.15) is 37.5 Å². The lowest BCUT2D eigenvalue weighted by Gasteiger charge is -2.26. The molecule has 1 atom stereocenters. The molecule has 0 saturated carbocycles. The zero-order valence-corrected chi connectivity index (χ0v) is 16.5. The van der Waals surface area contributed by atoms with Gasteiger partial charge in [-0.1, -0.05) is 26.0 Å². The van der Waals surface area contributed by atoms with Crippen LogP contribution in [-0.4, -0.2) is 43.3 Å². The number of anilines is 1. The second-order valence-electron chi connectivity index (χ2n) is 7.37. The summed E-state index contributed by atoms with van der Waals surface area (Å²) in [6, 6.07) is 11.2. The van der Waals surface area contributed by atoms with Crippen LogP contribution in [0.5, 0.6) is 0 Å². The Balaban J connectivity index is 1.66. The topological polar surface area (TPSA) is 79.6 Å². The van der Waals surface area contributed by atoms with Crippen LogP contribution in [0.25, 0.3) is 0 Å². The minimum absolute atomic E-state index is 0.0874. The zero-order valence-electron chi connectivity index (χ0n) is 15.7. The number of hydrogen-bond donors (Lipinski definition) is 1. The van der Waals surface area contributed by atoms with Crippen molar-refractivity contribution in [1.82, 2.24) is 4.90 Å². The van der Waals surface area contributed by atoms with E-state index < -0.39 is 9.84 Å². The first-order valence-corrected chi connectivity index (χ1v) is 11.0. The predicted molar refractivity (Wildman–Crippen MR) is 105 cm³/mol. The van der Waals surface area contributed by atoms with Crippen LogP contribution in [0.4, 0.5) is 5.69 Å². The van der Waals surface area contributed by atoms with E-state index in [-0.39, 0.29) is 30.0 Å². The second kappa shape index (κ2) is 8.27. The van der Waals surface area contributed by atoms with E-state index >= 15 is 0 Å². The van der Waals surface area contributed by atoms with Crippen LogP contribution >= 0.6 is 0 Å². The predicted octanol–water partition coefficient (Wildman–Crippen LogP) is 3.03. The van der Waals surface area contributed by atoms with Gasteiger partial charge in [0.25, 0.3) is 0 Å². The van der Waals surface area contributed by atoms with E-state index in [2.05, 4.69) is 19.2 Å². The van der Waals surface area contributed by atoms with E-state index in [1.807, 2.05) is 35.2 Å². The highest BCUT2D eigenvalue weighted by Gasteiger charge is 2.33. The second-order valence-corrected chi connectivity index (χ2v) is 9.59. The lowest BCUT2D eigenvalue weighted by atomic mass is 10.0. The van der Waals surface area contributed by atoms with Gasteiger partial charge in [0, 0.05) is 11.7 Å². The Bertz CT molecular complexity index is 858. The van der Waals surface area contributed by atoms with Crippen LogP contribution in [-0.2, 0) is 21.2 Å². The van der Waals surface area contributed by atoms with E-state index in [9.17, 15) is 13.2 Å². The van der Waals surface area contributed by atoms with Crippen LogP contribution < -0.4 is 5.32 Å². The minimum atomic E-state index is -3.03. The van der Waals surface area contributed by atoms with Crippen LogP contribution in [0.3, 0.4) is 0 Å². The van der Waals surface area contributed by atoms with Crippen molar-refractivity contribution in [3.8, 4) is 0 Å². The molecule has 1 aliphatic rings. The molecule has 0 spiro atoms. The number of sulfone groups is 1. The molecule has 1 aliphatic heterocycles. The largest absolute Gasteiger partial charge is 0.468 e. The Morgan fingerprint density at radius 3 is 2.56 bits per heavy atom. The summed E-state index contributed by atoms with van der Waals surface area (Å²) >= 11 is 0. The van der Waals surface area contributed by atoms with Gasteiger partial charge in [0.2, 0.25) is 5.91 Å². The Hall–Kier alpha value is -2.12. The highest BCUT2D eigenvalue weighted by atomic mass is 32.2. The van der Waals surface area contributed by atoms with Crippen LogP contribution in [0.15, 0.2) is 47.1 Å². The van der Waals surface area contributed by atoms with Gasteiger partial charge in [-0.3, -0.25) is 9.69 Å². The summed E-state index contributed by atoms with van der Waals surface area (Å²) in [5.74, 6) is 1.24. The smallest absolute Gasteiger partial charge is 0.238 e. The average Bonchev–Trinajstić information content (AvgIpc) is 3.24. The van der Waals surface area contributed by atoms with Crippen molar-refractivity contribution in [3.63, 3.8) is 0 Å². The van der Waals surface area contributed by atoms with E-state index in [1.165, 1.54) is 5.56 Å². The quantitative estimate of drug-likeness (QED) is 0.786. The number of carbonyl (C=O) groups excluding carboxylic acids is 1. The van der Waals surface area contributed by atoms with Gasteiger partial charge < -0.3 is 9.73 Å². The van der Waals surface area contributed by atoms with Crippen LogP contribution in [0.2, 0.25) is 0 Å². The number of carbonyl (C=O) groups is 1. The number of nitrogens with zero attached hydrogens (tertiary/aromatic N) is 1. The molecule has 1 saturated heterocycles. The average molecular weight is 391 g/mol. The fourth-order valence-electron chi connectivity index (χ4n) is 3.32. The molecule has 0 radical (unpaired) electrons. The van der Waals surface area contributed by atoms with Crippen molar-refractivity contribution in [1.29, 1.82) is 0 Å². The summed E-state index contributed by atoms with van der Waals surface area (Å²) in [5.41, 5.74) is 1.95. The zero-order chi connectivity index (χ0) is 19.4. The molecule has 1 N–H and O–H groups in total. The third kappa shape index (κ3) is 5.43. The summed E-state index contributed by atoms with van der Waals surface area (Å²) in [7, 11) is -3.03.